The molecule has 1 aliphatic heterocycles. The maximum atomic E-state index is 11.7. The van der Waals surface area contributed by atoms with E-state index in [1.165, 1.54) is 0 Å². The van der Waals surface area contributed by atoms with Crippen LogP contribution in [0.1, 0.15) is 31.7 Å². The van der Waals surface area contributed by atoms with Crippen LogP contribution in [-0.2, 0) is 16.1 Å². The van der Waals surface area contributed by atoms with Crippen LogP contribution in [0.4, 0.5) is 0 Å². The third-order valence-corrected chi connectivity index (χ3v) is 4.79. The molecule has 0 amide bonds. The van der Waals surface area contributed by atoms with Gasteiger partial charge in [0.05, 0.1) is 5.41 Å². The molecule has 24 heavy (non-hydrogen) atoms. The van der Waals surface area contributed by atoms with E-state index in [0.717, 1.165) is 18.5 Å². The first-order chi connectivity index (χ1) is 11.4. The number of piperidine rings is 1. The quantitative estimate of drug-likeness (QED) is 0.782. The van der Waals surface area contributed by atoms with Crippen LogP contribution in [0.2, 0.25) is 5.02 Å². The lowest BCUT2D eigenvalue weighted by atomic mass is 9.77. The first-order valence-electron chi connectivity index (χ1n) is 7.95. The normalized spacial score (nSPS) is 21.4. The monoisotopic (exact) mass is 355 g/mol. The van der Waals surface area contributed by atoms with E-state index in [2.05, 4.69) is 4.90 Å². The highest BCUT2D eigenvalue weighted by Crippen LogP contribution is 2.35. The van der Waals surface area contributed by atoms with Gasteiger partial charge < -0.3 is 14.9 Å². The fourth-order valence-electron chi connectivity index (χ4n) is 3.17. The third-order valence-electron chi connectivity index (χ3n) is 4.55. The first kappa shape index (κ1) is 18.5. The molecule has 0 spiro atoms. The standard InChI is InChI=1S/C17H22ClNO5/c1-2-17(16(22)23)6-3-7-19(11-17)9-12-8-13(18)4-5-14(12)24-10-15(20)21/h4-5,8H,2-3,6-7,9-11H2,1H3,(H,20,21)(H,22,23)/t17-/m1/s1. The van der Waals surface area contributed by atoms with E-state index in [1.54, 1.807) is 18.2 Å². The Hall–Kier alpha value is -1.79. The van der Waals surface area contributed by atoms with Gasteiger partial charge in [0.2, 0.25) is 0 Å². The van der Waals surface area contributed by atoms with Gasteiger partial charge in [0.25, 0.3) is 0 Å². The molecule has 2 N–H and O–H groups in total. The summed E-state index contributed by atoms with van der Waals surface area (Å²) in [5.41, 5.74) is 0.0415. The molecule has 0 radical (unpaired) electrons. The maximum Gasteiger partial charge on any atom is 0.341 e. The molecule has 1 saturated heterocycles. The van der Waals surface area contributed by atoms with Crippen molar-refractivity contribution in [1.82, 2.24) is 4.90 Å². The minimum absolute atomic E-state index is 0.428. The van der Waals surface area contributed by atoms with Crippen molar-refractivity contribution in [2.45, 2.75) is 32.7 Å². The number of carbonyl (C=O) groups is 2. The highest BCUT2D eigenvalue weighted by molar-refractivity contribution is 6.30. The Bertz CT molecular complexity index is 621. The molecule has 6 nitrogen and oxygen atoms in total. The third kappa shape index (κ3) is 4.39. The van der Waals surface area contributed by atoms with Gasteiger partial charge >= 0.3 is 11.9 Å². The maximum absolute atomic E-state index is 11.7. The lowest BCUT2D eigenvalue weighted by molar-refractivity contribution is -0.153. The van der Waals surface area contributed by atoms with Crippen LogP contribution in [0.5, 0.6) is 5.75 Å². The Morgan fingerprint density at radius 1 is 1.38 bits per heavy atom. The number of rotatable bonds is 7. The second-order valence-corrected chi connectivity index (χ2v) is 6.62. The van der Waals surface area contributed by atoms with Crippen molar-refractivity contribution in [3.63, 3.8) is 0 Å². The van der Waals surface area contributed by atoms with E-state index >= 15 is 0 Å². The molecule has 1 heterocycles. The molecule has 132 valence electrons. The number of hydrogen-bond donors (Lipinski definition) is 2. The topological polar surface area (TPSA) is 87.1 Å². The Morgan fingerprint density at radius 2 is 2.12 bits per heavy atom. The predicted octanol–water partition coefficient (Wildman–Crippen LogP) is 2.88. The van der Waals surface area contributed by atoms with Crippen LogP contribution in [-0.4, -0.2) is 46.7 Å². The molecule has 1 fully saturated rings. The summed E-state index contributed by atoms with van der Waals surface area (Å²) in [7, 11) is 0. The van der Waals surface area contributed by atoms with Gasteiger partial charge in [-0.15, -0.1) is 0 Å². The molecule has 1 aliphatic rings. The zero-order valence-electron chi connectivity index (χ0n) is 13.6. The van der Waals surface area contributed by atoms with Crippen molar-refractivity contribution in [2.75, 3.05) is 19.7 Å². The van der Waals surface area contributed by atoms with Crippen molar-refractivity contribution in [3.8, 4) is 5.75 Å². The van der Waals surface area contributed by atoms with E-state index in [9.17, 15) is 14.7 Å². The molecule has 0 saturated carbocycles. The number of ether oxygens (including phenoxy) is 1. The lowest BCUT2D eigenvalue weighted by Gasteiger charge is -2.39. The molecule has 1 aromatic carbocycles. The fraction of sp³-hybridized carbons (Fsp3) is 0.529. The fourth-order valence-corrected chi connectivity index (χ4v) is 3.36. The second kappa shape index (κ2) is 7.85. The van der Waals surface area contributed by atoms with E-state index in [4.69, 9.17) is 21.4 Å². The summed E-state index contributed by atoms with van der Waals surface area (Å²) >= 11 is 6.05. The summed E-state index contributed by atoms with van der Waals surface area (Å²) in [5, 5.41) is 18.9. The van der Waals surface area contributed by atoms with Gasteiger partial charge in [0.1, 0.15) is 5.75 Å². The number of halogens is 1. The molecule has 1 aromatic rings. The number of nitrogens with zero attached hydrogens (tertiary/aromatic N) is 1. The van der Waals surface area contributed by atoms with Gasteiger partial charge in [-0.3, -0.25) is 9.69 Å². The highest BCUT2D eigenvalue weighted by Gasteiger charge is 2.40. The average molecular weight is 356 g/mol. The summed E-state index contributed by atoms with van der Waals surface area (Å²) in [6.07, 6.45) is 2.07. The van der Waals surface area contributed by atoms with Crippen molar-refractivity contribution >= 4 is 23.5 Å². The number of carboxylic acids is 2. The summed E-state index contributed by atoms with van der Waals surface area (Å²) in [6, 6.07) is 5.03. The molecule has 1 atom stereocenters. The van der Waals surface area contributed by atoms with Gasteiger partial charge in [-0.05, 0) is 44.0 Å². The van der Waals surface area contributed by atoms with E-state index in [0.29, 0.717) is 36.7 Å². The van der Waals surface area contributed by atoms with Gasteiger partial charge in [-0.1, -0.05) is 18.5 Å². The van der Waals surface area contributed by atoms with Crippen LogP contribution in [0.25, 0.3) is 0 Å². The second-order valence-electron chi connectivity index (χ2n) is 6.19. The van der Waals surface area contributed by atoms with E-state index < -0.39 is 24.0 Å². The van der Waals surface area contributed by atoms with Crippen LogP contribution < -0.4 is 4.74 Å². The lowest BCUT2D eigenvalue weighted by Crippen LogP contribution is -2.47. The molecule has 7 heteroatoms. The minimum Gasteiger partial charge on any atom is -0.482 e. The minimum atomic E-state index is -1.05. The molecule has 0 aliphatic carbocycles. The SMILES string of the molecule is CC[C@@]1(C(=O)O)CCCN(Cc2cc(Cl)ccc2OCC(=O)O)C1. The largest absolute Gasteiger partial charge is 0.482 e. The summed E-state index contributed by atoms with van der Waals surface area (Å²) in [5.74, 6) is -1.35. The highest BCUT2D eigenvalue weighted by atomic mass is 35.5. The van der Waals surface area contributed by atoms with Crippen LogP contribution in [0.3, 0.4) is 0 Å². The summed E-state index contributed by atoms with van der Waals surface area (Å²) in [4.78, 5) is 24.4. The van der Waals surface area contributed by atoms with Crippen molar-refractivity contribution in [3.05, 3.63) is 28.8 Å². The van der Waals surface area contributed by atoms with Crippen molar-refractivity contribution in [1.29, 1.82) is 0 Å². The number of carboxylic acid groups (broad SMARTS) is 2. The molecule has 0 bridgehead atoms. The molecule has 0 unspecified atom stereocenters. The van der Waals surface area contributed by atoms with Crippen LogP contribution in [0, 0.1) is 5.41 Å². The van der Waals surface area contributed by atoms with Gasteiger partial charge in [0.15, 0.2) is 6.61 Å². The zero-order valence-corrected chi connectivity index (χ0v) is 14.4. The first-order valence-corrected chi connectivity index (χ1v) is 8.33. The van der Waals surface area contributed by atoms with E-state index in [1.807, 2.05) is 6.92 Å². The van der Waals surface area contributed by atoms with Crippen LogP contribution in [0.15, 0.2) is 18.2 Å². The zero-order chi connectivity index (χ0) is 17.7. The molecular formula is C17H22ClNO5. The Balaban J connectivity index is 2.16. The average Bonchev–Trinajstić information content (AvgIpc) is 2.54. The molecule has 2 rings (SSSR count). The van der Waals surface area contributed by atoms with Gasteiger partial charge in [0, 0.05) is 23.7 Å². The smallest absolute Gasteiger partial charge is 0.341 e. The molecular weight excluding hydrogens is 334 g/mol. The Morgan fingerprint density at radius 3 is 2.75 bits per heavy atom. The van der Waals surface area contributed by atoms with Crippen molar-refractivity contribution < 1.29 is 24.5 Å². The number of likely N-dealkylation sites (tertiary alicyclic amines) is 1. The van der Waals surface area contributed by atoms with Gasteiger partial charge in [-0.2, -0.15) is 0 Å². The predicted molar refractivity (Wildman–Crippen MR) is 89.5 cm³/mol. The Labute approximate surface area is 146 Å². The number of benzene rings is 1. The Kier molecular flexibility index (Phi) is 6.07. The number of aliphatic carboxylic acids is 2. The summed E-state index contributed by atoms with van der Waals surface area (Å²) < 4.78 is 5.32. The van der Waals surface area contributed by atoms with Gasteiger partial charge in [-0.25, -0.2) is 4.79 Å². The van der Waals surface area contributed by atoms with E-state index in [-0.39, 0.29) is 0 Å². The van der Waals surface area contributed by atoms with Crippen molar-refractivity contribution in [2.24, 2.45) is 5.41 Å². The number of hydrogen-bond acceptors (Lipinski definition) is 4. The molecule has 0 aromatic heterocycles. The summed E-state index contributed by atoms with van der Waals surface area (Å²) in [6.45, 7) is 3.20. The van der Waals surface area contributed by atoms with Crippen LogP contribution >= 0.6 is 11.6 Å².